The molecule has 0 radical (unpaired) electrons. The van der Waals surface area contributed by atoms with E-state index in [0.29, 0.717) is 28.0 Å². The van der Waals surface area contributed by atoms with Gasteiger partial charge in [-0.2, -0.15) is 0 Å². The second-order valence-electron chi connectivity index (χ2n) is 5.54. The van der Waals surface area contributed by atoms with Gasteiger partial charge in [0.2, 0.25) is 0 Å². The highest BCUT2D eigenvalue weighted by Gasteiger charge is 2.12. The van der Waals surface area contributed by atoms with E-state index >= 15 is 0 Å². The molecule has 0 bridgehead atoms. The molecule has 0 fully saturated rings. The summed E-state index contributed by atoms with van der Waals surface area (Å²) in [5.41, 5.74) is 2.30. The third-order valence-electron chi connectivity index (χ3n) is 3.72. The second kappa shape index (κ2) is 7.84. The minimum absolute atomic E-state index is 0.317. The molecule has 1 aromatic heterocycles. The monoisotopic (exact) mass is 368 g/mol. The van der Waals surface area contributed by atoms with Crippen LogP contribution in [0.2, 0.25) is 5.02 Å². The summed E-state index contributed by atoms with van der Waals surface area (Å²) in [4.78, 5) is 12.4. The van der Waals surface area contributed by atoms with Crippen molar-refractivity contribution in [1.29, 1.82) is 0 Å². The van der Waals surface area contributed by atoms with E-state index < -0.39 is 0 Å². The van der Waals surface area contributed by atoms with E-state index in [2.05, 4.69) is 20.8 Å². The summed E-state index contributed by atoms with van der Waals surface area (Å²) in [6, 6.07) is 15.9. The number of hydrogen-bond acceptors (Lipinski definition) is 5. The first kappa shape index (κ1) is 17.7. The first-order chi connectivity index (χ1) is 12.6. The Hall–Kier alpha value is -3.12. The Balaban J connectivity index is 1.71. The highest BCUT2D eigenvalue weighted by molar-refractivity contribution is 6.30. The average molecular weight is 369 g/mol. The summed E-state index contributed by atoms with van der Waals surface area (Å²) in [6.07, 6.45) is 0. The standard InChI is InChI=1S/C19H17ClN4O2/c1-12-7-8-13(20)11-15(12)21-17-9-10-18(24-23-17)22-19(25)14-5-3-4-6-16(14)26-2/h3-11H,1-2H3,(H,21,23)(H,22,24,25). The SMILES string of the molecule is COc1ccccc1C(=O)Nc1ccc(Nc2cc(Cl)ccc2C)nn1. The van der Waals surface area contributed by atoms with Crippen molar-refractivity contribution in [2.75, 3.05) is 17.7 Å². The number of methoxy groups -OCH3 is 1. The molecule has 1 amide bonds. The number of benzene rings is 2. The molecule has 6 nitrogen and oxygen atoms in total. The lowest BCUT2D eigenvalue weighted by Crippen LogP contribution is -2.14. The van der Waals surface area contributed by atoms with Gasteiger partial charge in [0.05, 0.1) is 12.7 Å². The zero-order valence-corrected chi connectivity index (χ0v) is 15.0. The van der Waals surface area contributed by atoms with Crippen molar-refractivity contribution < 1.29 is 9.53 Å². The van der Waals surface area contributed by atoms with Crippen LogP contribution in [0, 0.1) is 6.92 Å². The Morgan fingerprint density at radius 3 is 2.50 bits per heavy atom. The lowest BCUT2D eigenvalue weighted by atomic mass is 10.2. The lowest BCUT2D eigenvalue weighted by Gasteiger charge is -2.10. The van der Waals surface area contributed by atoms with Crippen molar-refractivity contribution in [3.05, 3.63) is 70.7 Å². The van der Waals surface area contributed by atoms with Crippen LogP contribution in [-0.2, 0) is 0 Å². The molecular weight excluding hydrogens is 352 g/mol. The van der Waals surface area contributed by atoms with Gasteiger partial charge in [0.25, 0.3) is 5.91 Å². The van der Waals surface area contributed by atoms with Gasteiger partial charge < -0.3 is 15.4 Å². The number of nitrogens with one attached hydrogen (secondary N) is 2. The number of carbonyl (C=O) groups is 1. The normalized spacial score (nSPS) is 10.3. The van der Waals surface area contributed by atoms with E-state index in [4.69, 9.17) is 16.3 Å². The van der Waals surface area contributed by atoms with Crippen LogP contribution in [0.25, 0.3) is 0 Å². The van der Waals surface area contributed by atoms with E-state index in [1.807, 2.05) is 25.1 Å². The number of aryl methyl sites for hydroxylation is 1. The number of halogens is 1. The second-order valence-corrected chi connectivity index (χ2v) is 5.98. The predicted molar refractivity (Wildman–Crippen MR) is 102 cm³/mol. The van der Waals surface area contributed by atoms with Crippen molar-refractivity contribution in [2.24, 2.45) is 0 Å². The average Bonchev–Trinajstić information content (AvgIpc) is 2.66. The topological polar surface area (TPSA) is 76.1 Å². The minimum atomic E-state index is -0.317. The van der Waals surface area contributed by atoms with Crippen LogP contribution in [0.1, 0.15) is 15.9 Å². The van der Waals surface area contributed by atoms with Crippen molar-refractivity contribution in [3.8, 4) is 5.75 Å². The number of ether oxygens (including phenoxy) is 1. The molecule has 0 atom stereocenters. The van der Waals surface area contributed by atoms with E-state index in [1.54, 1.807) is 36.4 Å². The minimum Gasteiger partial charge on any atom is -0.496 e. The molecule has 0 aliphatic carbocycles. The fourth-order valence-electron chi connectivity index (χ4n) is 2.35. The summed E-state index contributed by atoms with van der Waals surface area (Å²) in [5, 5.41) is 14.6. The predicted octanol–water partition coefficient (Wildman–Crippen LogP) is 4.44. The van der Waals surface area contributed by atoms with Crippen LogP contribution >= 0.6 is 11.6 Å². The molecule has 0 unspecified atom stereocenters. The maximum atomic E-state index is 12.4. The van der Waals surface area contributed by atoms with E-state index in [9.17, 15) is 4.79 Å². The maximum absolute atomic E-state index is 12.4. The molecule has 26 heavy (non-hydrogen) atoms. The number of amides is 1. The molecule has 0 saturated carbocycles. The molecule has 3 aromatic rings. The Kier molecular flexibility index (Phi) is 5.34. The van der Waals surface area contributed by atoms with E-state index in [-0.39, 0.29) is 5.91 Å². The van der Waals surface area contributed by atoms with Crippen LogP contribution < -0.4 is 15.4 Å². The van der Waals surface area contributed by atoms with Gasteiger partial charge in [-0.25, -0.2) is 0 Å². The van der Waals surface area contributed by atoms with Crippen LogP contribution in [0.15, 0.2) is 54.6 Å². The molecule has 7 heteroatoms. The Morgan fingerprint density at radius 2 is 1.77 bits per heavy atom. The van der Waals surface area contributed by atoms with Crippen molar-refractivity contribution >= 4 is 34.8 Å². The molecular formula is C19H17ClN4O2. The number of para-hydroxylation sites is 1. The van der Waals surface area contributed by atoms with Gasteiger partial charge in [0.1, 0.15) is 5.75 Å². The van der Waals surface area contributed by atoms with Crippen LogP contribution in [0.5, 0.6) is 5.75 Å². The van der Waals surface area contributed by atoms with Gasteiger partial charge in [-0.1, -0.05) is 29.8 Å². The molecule has 2 N–H and O–H groups in total. The molecule has 0 aliphatic rings. The number of rotatable bonds is 5. The van der Waals surface area contributed by atoms with Crippen molar-refractivity contribution in [1.82, 2.24) is 10.2 Å². The third-order valence-corrected chi connectivity index (χ3v) is 3.96. The molecule has 0 aliphatic heterocycles. The number of aromatic nitrogens is 2. The van der Waals surface area contributed by atoms with Gasteiger partial charge >= 0.3 is 0 Å². The number of nitrogens with zero attached hydrogens (tertiary/aromatic N) is 2. The highest BCUT2D eigenvalue weighted by atomic mass is 35.5. The molecule has 132 valence electrons. The number of hydrogen-bond donors (Lipinski definition) is 2. The number of anilines is 3. The third kappa shape index (κ3) is 4.10. The fraction of sp³-hybridized carbons (Fsp3) is 0.105. The fourth-order valence-corrected chi connectivity index (χ4v) is 2.52. The summed E-state index contributed by atoms with van der Waals surface area (Å²) in [6.45, 7) is 1.97. The van der Waals surface area contributed by atoms with Crippen LogP contribution in [0.3, 0.4) is 0 Å². The number of carbonyl (C=O) groups excluding carboxylic acids is 1. The largest absolute Gasteiger partial charge is 0.496 e. The molecule has 1 heterocycles. The van der Waals surface area contributed by atoms with E-state index in [0.717, 1.165) is 11.3 Å². The quantitative estimate of drug-likeness (QED) is 0.696. The first-order valence-corrected chi connectivity index (χ1v) is 8.26. The Labute approximate surface area is 156 Å². The van der Waals surface area contributed by atoms with Crippen molar-refractivity contribution in [2.45, 2.75) is 6.92 Å². The van der Waals surface area contributed by atoms with Gasteiger partial charge in [-0.05, 0) is 48.9 Å². The zero-order chi connectivity index (χ0) is 18.5. The Morgan fingerprint density at radius 1 is 1.04 bits per heavy atom. The summed E-state index contributed by atoms with van der Waals surface area (Å²) >= 11 is 6.01. The molecule has 0 spiro atoms. The van der Waals surface area contributed by atoms with Crippen molar-refractivity contribution in [3.63, 3.8) is 0 Å². The van der Waals surface area contributed by atoms with Gasteiger partial charge in [0, 0.05) is 10.7 Å². The highest BCUT2D eigenvalue weighted by Crippen LogP contribution is 2.23. The van der Waals surface area contributed by atoms with Crippen LogP contribution in [0.4, 0.5) is 17.3 Å². The van der Waals surface area contributed by atoms with Gasteiger partial charge in [-0.3, -0.25) is 4.79 Å². The summed E-state index contributed by atoms with van der Waals surface area (Å²) < 4.78 is 5.19. The Bertz CT molecular complexity index is 929. The molecule has 0 saturated heterocycles. The smallest absolute Gasteiger partial charge is 0.260 e. The van der Waals surface area contributed by atoms with Crippen LogP contribution in [-0.4, -0.2) is 23.2 Å². The van der Waals surface area contributed by atoms with Gasteiger partial charge in [-0.15, -0.1) is 10.2 Å². The maximum Gasteiger partial charge on any atom is 0.260 e. The van der Waals surface area contributed by atoms with E-state index in [1.165, 1.54) is 7.11 Å². The summed E-state index contributed by atoms with van der Waals surface area (Å²) in [7, 11) is 1.52. The van der Waals surface area contributed by atoms with Gasteiger partial charge in [0.15, 0.2) is 11.6 Å². The lowest BCUT2D eigenvalue weighted by molar-refractivity contribution is 0.102. The molecule has 3 rings (SSSR count). The molecule has 2 aromatic carbocycles. The first-order valence-electron chi connectivity index (χ1n) is 7.88. The zero-order valence-electron chi connectivity index (χ0n) is 14.3. The summed E-state index contributed by atoms with van der Waals surface area (Å²) in [5.74, 6) is 1.07.